The van der Waals surface area contributed by atoms with Gasteiger partial charge in [-0.15, -0.1) is 0 Å². The Kier molecular flexibility index (Phi) is 16.2. The highest BCUT2D eigenvalue weighted by Crippen LogP contribution is 2.19. The first-order valence-electron chi connectivity index (χ1n) is 8.37. The molecule has 0 amide bonds. The molecule has 27 heavy (non-hydrogen) atoms. The molecule has 0 unspecified atom stereocenters. The zero-order chi connectivity index (χ0) is 21.3. The Morgan fingerprint density at radius 3 is 1.04 bits per heavy atom. The maximum atomic E-state index is 9.90. The molecule has 0 saturated carbocycles. The van der Waals surface area contributed by atoms with Gasteiger partial charge in [-0.2, -0.15) is 0 Å². The van der Waals surface area contributed by atoms with E-state index in [2.05, 4.69) is 0 Å². The molecule has 0 aromatic carbocycles. The molecule has 0 radical (unpaired) electrons. The average molecular weight is 400 g/mol. The summed E-state index contributed by atoms with van der Waals surface area (Å²) in [5.41, 5.74) is -2.32. The number of hydrogen-bond acceptors (Lipinski definition) is 9. The largest absolute Gasteiger partial charge is 0.481 e. The van der Waals surface area contributed by atoms with Crippen LogP contribution in [0.3, 0.4) is 0 Å². The summed E-state index contributed by atoms with van der Waals surface area (Å²) in [5.74, 6) is -1.74. The summed E-state index contributed by atoms with van der Waals surface area (Å²) in [6.45, 7) is -3.01. The van der Waals surface area contributed by atoms with Gasteiger partial charge < -0.3 is 45.6 Å². The zero-order valence-electron chi connectivity index (χ0n) is 15.3. The molecule has 162 valence electrons. The van der Waals surface area contributed by atoms with Crippen molar-refractivity contribution in [3.63, 3.8) is 0 Å². The second kappa shape index (κ2) is 15.7. The molecule has 11 heteroatoms. The lowest BCUT2D eigenvalue weighted by Crippen LogP contribution is -2.43. The minimum atomic E-state index is -1.16. The lowest BCUT2D eigenvalue weighted by Gasteiger charge is -2.31. The van der Waals surface area contributed by atoms with Crippen molar-refractivity contribution in [1.82, 2.24) is 0 Å². The van der Waals surface area contributed by atoms with E-state index in [1.54, 1.807) is 0 Å². The van der Waals surface area contributed by atoms with E-state index >= 15 is 0 Å². The summed E-state index contributed by atoms with van der Waals surface area (Å²) >= 11 is 0. The molecule has 0 bridgehead atoms. The van der Waals surface area contributed by atoms with Gasteiger partial charge in [-0.25, -0.2) is 0 Å². The van der Waals surface area contributed by atoms with Gasteiger partial charge in [0.25, 0.3) is 0 Å². The number of aliphatic hydroxyl groups excluding tert-OH is 6. The van der Waals surface area contributed by atoms with Crippen LogP contribution in [0.2, 0.25) is 0 Å². The first-order chi connectivity index (χ1) is 12.7. The van der Waals surface area contributed by atoms with E-state index in [1.165, 1.54) is 0 Å². The summed E-state index contributed by atoms with van der Waals surface area (Å²) < 4.78 is 5.15. The zero-order valence-corrected chi connectivity index (χ0v) is 15.3. The number of carboxylic acids is 2. The molecule has 0 aromatic heterocycles. The lowest BCUT2D eigenvalue weighted by atomic mass is 9.91. The highest BCUT2D eigenvalue weighted by molar-refractivity contribution is 5.67. The lowest BCUT2D eigenvalue weighted by molar-refractivity contribution is -0.139. The molecule has 0 atom stereocenters. The molecule has 0 spiro atoms. The number of carboxylic acid groups (broad SMARTS) is 2. The van der Waals surface area contributed by atoms with Crippen molar-refractivity contribution in [1.29, 1.82) is 0 Å². The van der Waals surface area contributed by atoms with Gasteiger partial charge in [-0.1, -0.05) is 0 Å². The summed E-state index contributed by atoms with van der Waals surface area (Å²) in [6, 6.07) is 0. The standard InChI is InChI=1S/C10H22O7.C6H10O4/c11-1-9(2-12,3-13)7-17-8-10(4-14,5-15)6-16;7-5(8)3-1-2-4-6(9)10/h11-16H,1-8H2;1-4H2,(H,7,8)(H,9,10). The Hall–Kier alpha value is -1.34. The number of aliphatic hydroxyl groups is 6. The Bertz CT molecular complexity index is 339. The Morgan fingerprint density at radius 2 is 0.852 bits per heavy atom. The van der Waals surface area contributed by atoms with Crippen molar-refractivity contribution in [2.75, 3.05) is 52.9 Å². The van der Waals surface area contributed by atoms with E-state index in [-0.39, 0.29) is 26.1 Å². The number of rotatable bonds is 15. The van der Waals surface area contributed by atoms with Gasteiger partial charge >= 0.3 is 11.9 Å². The van der Waals surface area contributed by atoms with Crippen LogP contribution in [0.5, 0.6) is 0 Å². The van der Waals surface area contributed by atoms with Crippen molar-refractivity contribution in [2.45, 2.75) is 25.7 Å². The van der Waals surface area contributed by atoms with E-state index in [4.69, 9.17) is 45.6 Å². The fourth-order valence-electron chi connectivity index (χ4n) is 1.61. The topological polar surface area (TPSA) is 205 Å². The van der Waals surface area contributed by atoms with Crippen molar-refractivity contribution >= 4 is 11.9 Å². The van der Waals surface area contributed by atoms with Crippen LogP contribution in [0.1, 0.15) is 25.7 Å². The molecule has 0 heterocycles. The minimum Gasteiger partial charge on any atom is -0.481 e. The van der Waals surface area contributed by atoms with Crippen LogP contribution in [0.15, 0.2) is 0 Å². The van der Waals surface area contributed by atoms with Crippen LogP contribution in [0, 0.1) is 10.8 Å². The Labute approximate surface area is 157 Å². The third kappa shape index (κ3) is 12.6. The molecule has 0 aromatic rings. The fraction of sp³-hybridized carbons (Fsp3) is 0.875. The Balaban J connectivity index is 0. The highest BCUT2D eigenvalue weighted by Gasteiger charge is 2.32. The number of carbonyl (C=O) groups is 2. The summed E-state index contributed by atoms with van der Waals surface area (Å²) in [6.07, 6.45) is 1.02. The van der Waals surface area contributed by atoms with E-state index in [0.717, 1.165) is 0 Å². The van der Waals surface area contributed by atoms with Crippen molar-refractivity contribution in [3.8, 4) is 0 Å². The van der Waals surface area contributed by atoms with Crippen LogP contribution in [0.25, 0.3) is 0 Å². The molecule has 0 fully saturated rings. The molecule has 0 aliphatic rings. The van der Waals surface area contributed by atoms with Crippen LogP contribution in [0.4, 0.5) is 0 Å². The monoisotopic (exact) mass is 400 g/mol. The van der Waals surface area contributed by atoms with E-state index < -0.39 is 62.4 Å². The molecular weight excluding hydrogens is 368 g/mol. The third-order valence-corrected chi connectivity index (χ3v) is 3.86. The second-order valence-corrected chi connectivity index (χ2v) is 6.44. The predicted molar refractivity (Wildman–Crippen MR) is 91.9 cm³/mol. The van der Waals surface area contributed by atoms with Crippen LogP contribution in [-0.2, 0) is 14.3 Å². The van der Waals surface area contributed by atoms with Crippen molar-refractivity contribution < 1.29 is 55.2 Å². The number of hydrogen-bond donors (Lipinski definition) is 8. The van der Waals surface area contributed by atoms with E-state index in [0.29, 0.717) is 12.8 Å². The number of unbranched alkanes of at least 4 members (excludes halogenated alkanes) is 1. The maximum Gasteiger partial charge on any atom is 0.303 e. The van der Waals surface area contributed by atoms with Crippen molar-refractivity contribution in [2.24, 2.45) is 10.8 Å². The molecule has 0 aliphatic carbocycles. The molecule has 0 rings (SSSR count). The molecule has 0 aliphatic heterocycles. The SMILES string of the molecule is O=C(O)CCCCC(=O)O.OCC(CO)(CO)COCC(CO)(CO)CO. The quantitative estimate of drug-likeness (QED) is 0.137. The van der Waals surface area contributed by atoms with E-state index in [9.17, 15) is 9.59 Å². The molecular formula is C16H32O11. The van der Waals surface area contributed by atoms with Gasteiger partial charge in [0, 0.05) is 12.8 Å². The summed E-state index contributed by atoms with van der Waals surface area (Å²) in [4.78, 5) is 19.8. The van der Waals surface area contributed by atoms with Gasteiger partial charge in [0.15, 0.2) is 0 Å². The molecule has 8 N–H and O–H groups in total. The predicted octanol–water partition coefficient (Wildman–Crippen LogP) is -2.35. The fourth-order valence-corrected chi connectivity index (χ4v) is 1.61. The molecule has 0 saturated heterocycles. The smallest absolute Gasteiger partial charge is 0.303 e. The van der Waals surface area contributed by atoms with E-state index in [1.807, 2.05) is 0 Å². The number of ether oxygens (including phenoxy) is 1. The van der Waals surface area contributed by atoms with Gasteiger partial charge in [0.2, 0.25) is 0 Å². The highest BCUT2D eigenvalue weighted by atomic mass is 16.5. The van der Waals surface area contributed by atoms with Gasteiger partial charge in [0.05, 0.1) is 63.7 Å². The van der Waals surface area contributed by atoms with Gasteiger partial charge in [0.1, 0.15) is 0 Å². The normalized spacial score (nSPS) is 11.6. The van der Waals surface area contributed by atoms with Gasteiger partial charge in [-0.05, 0) is 12.8 Å². The van der Waals surface area contributed by atoms with Crippen LogP contribution in [-0.4, -0.2) is 106 Å². The van der Waals surface area contributed by atoms with Crippen LogP contribution < -0.4 is 0 Å². The number of aliphatic carboxylic acids is 2. The first-order valence-corrected chi connectivity index (χ1v) is 8.37. The maximum absolute atomic E-state index is 9.90. The first kappa shape index (κ1) is 27.9. The molecule has 11 nitrogen and oxygen atoms in total. The Morgan fingerprint density at radius 1 is 0.593 bits per heavy atom. The second-order valence-electron chi connectivity index (χ2n) is 6.44. The van der Waals surface area contributed by atoms with Crippen LogP contribution >= 0.6 is 0 Å². The van der Waals surface area contributed by atoms with Crippen molar-refractivity contribution in [3.05, 3.63) is 0 Å². The van der Waals surface area contributed by atoms with Gasteiger partial charge in [-0.3, -0.25) is 9.59 Å². The minimum absolute atomic E-state index is 0.0628. The summed E-state index contributed by atoms with van der Waals surface area (Å²) in [5, 5.41) is 70.4. The third-order valence-electron chi connectivity index (χ3n) is 3.86. The summed E-state index contributed by atoms with van der Waals surface area (Å²) in [7, 11) is 0. The average Bonchev–Trinajstić information content (AvgIpc) is 2.67.